The number of nitrogens with zero attached hydrogens (tertiary/aromatic N) is 1. The molecule has 1 atom stereocenters. The summed E-state index contributed by atoms with van der Waals surface area (Å²) >= 11 is 3.33. The molecule has 0 bridgehead atoms. The lowest BCUT2D eigenvalue weighted by Gasteiger charge is -2.34. The zero-order chi connectivity index (χ0) is 18.8. The second-order valence-corrected chi connectivity index (χ2v) is 8.17. The van der Waals surface area contributed by atoms with Crippen LogP contribution in [0.5, 0.6) is 0 Å². The summed E-state index contributed by atoms with van der Waals surface area (Å²) in [7, 11) is 0. The summed E-state index contributed by atoms with van der Waals surface area (Å²) in [4.78, 5) is 26.3. The molecule has 1 saturated heterocycles. The second kappa shape index (κ2) is 7.72. The van der Waals surface area contributed by atoms with Gasteiger partial charge in [0, 0.05) is 23.6 Å². The Hall–Kier alpha value is -1.63. The number of benzene rings is 1. The Morgan fingerprint density at radius 3 is 2.68 bits per heavy atom. The lowest BCUT2D eigenvalue weighted by atomic mass is 10.0. The van der Waals surface area contributed by atoms with Gasteiger partial charge in [0.2, 0.25) is 0 Å². The molecule has 2 rings (SSSR count). The van der Waals surface area contributed by atoms with Crippen LogP contribution in [0.2, 0.25) is 0 Å². The van der Waals surface area contributed by atoms with Gasteiger partial charge in [-0.25, -0.2) is 9.18 Å². The smallest absolute Gasteiger partial charge is 0.407 e. The molecule has 2 amide bonds. The van der Waals surface area contributed by atoms with E-state index >= 15 is 0 Å². The fourth-order valence-electron chi connectivity index (χ4n) is 2.73. The first-order valence-corrected chi connectivity index (χ1v) is 9.10. The number of likely N-dealkylation sites (tertiary alicyclic amines) is 1. The summed E-state index contributed by atoms with van der Waals surface area (Å²) in [5.41, 5.74) is 0.200. The highest BCUT2D eigenvalue weighted by Gasteiger charge is 2.28. The first-order chi connectivity index (χ1) is 11.6. The molecule has 1 unspecified atom stereocenters. The maximum atomic E-state index is 13.8. The lowest BCUT2D eigenvalue weighted by molar-refractivity contribution is 0.0452. The zero-order valence-electron chi connectivity index (χ0n) is 15.0. The molecule has 0 saturated carbocycles. The number of halogens is 2. The summed E-state index contributed by atoms with van der Waals surface area (Å²) in [5, 5.41) is 2.81. The maximum absolute atomic E-state index is 13.8. The first-order valence-electron chi connectivity index (χ1n) is 8.31. The van der Waals surface area contributed by atoms with E-state index < -0.39 is 17.5 Å². The minimum Gasteiger partial charge on any atom is -0.444 e. The van der Waals surface area contributed by atoms with Gasteiger partial charge in [-0.05, 0) is 74.2 Å². The molecule has 0 radical (unpaired) electrons. The van der Waals surface area contributed by atoms with E-state index in [9.17, 15) is 14.0 Å². The van der Waals surface area contributed by atoms with E-state index in [1.807, 2.05) is 0 Å². The van der Waals surface area contributed by atoms with Gasteiger partial charge in [-0.1, -0.05) is 0 Å². The van der Waals surface area contributed by atoms with E-state index in [1.165, 1.54) is 6.07 Å². The average Bonchev–Trinajstić information content (AvgIpc) is 2.48. The van der Waals surface area contributed by atoms with Crippen molar-refractivity contribution >= 4 is 27.9 Å². The van der Waals surface area contributed by atoms with Crippen molar-refractivity contribution in [1.29, 1.82) is 0 Å². The third kappa shape index (κ3) is 5.42. The largest absolute Gasteiger partial charge is 0.444 e. The van der Waals surface area contributed by atoms with Crippen molar-refractivity contribution in [2.75, 3.05) is 13.1 Å². The van der Waals surface area contributed by atoms with Crippen molar-refractivity contribution < 1.29 is 18.7 Å². The number of nitrogens with one attached hydrogen (secondary N) is 1. The van der Waals surface area contributed by atoms with Crippen LogP contribution in [0.1, 0.15) is 49.5 Å². The Balaban J connectivity index is 2.04. The Bertz CT molecular complexity index is 673. The number of hydrogen-bond donors (Lipinski definition) is 1. The van der Waals surface area contributed by atoms with E-state index in [1.54, 1.807) is 38.7 Å². The predicted molar refractivity (Wildman–Crippen MR) is 97.1 cm³/mol. The summed E-state index contributed by atoms with van der Waals surface area (Å²) in [5.74, 6) is -0.659. The predicted octanol–water partition coefficient (Wildman–Crippen LogP) is 4.03. The molecular weight excluding hydrogens is 391 g/mol. The number of alkyl carbamates (subject to hydrolysis) is 1. The summed E-state index contributed by atoms with van der Waals surface area (Å²) in [6, 6.07) is 2.68. The molecule has 7 heteroatoms. The van der Waals surface area contributed by atoms with E-state index in [4.69, 9.17) is 4.74 Å². The van der Waals surface area contributed by atoms with Crippen LogP contribution in [-0.4, -0.2) is 41.6 Å². The van der Waals surface area contributed by atoms with Gasteiger partial charge in [0.15, 0.2) is 0 Å². The van der Waals surface area contributed by atoms with Crippen molar-refractivity contribution in [2.24, 2.45) is 0 Å². The summed E-state index contributed by atoms with van der Waals surface area (Å²) in [6.07, 6.45) is 1.04. The first kappa shape index (κ1) is 19.7. The Morgan fingerprint density at radius 2 is 2.04 bits per heavy atom. The topological polar surface area (TPSA) is 58.6 Å². The van der Waals surface area contributed by atoms with Gasteiger partial charge in [-0.2, -0.15) is 0 Å². The van der Waals surface area contributed by atoms with Gasteiger partial charge < -0.3 is 15.0 Å². The molecule has 0 spiro atoms. The SMILES string of the molecule is Cc1cc(Br)c(C(=O)N2CCCC(NC(=O)OC(C)(C)C)C2)cc1F. The van der Waals surface area contributed by atoms with Crippen LogP contribution in [0.15, 0.2) is 16.6 Å². The van der Waals surface area contributed by atoms with Crippen molar-refractivity contribution in [3.05, 3.63) is 33.5 Å². The Morgan fingerprint density at radius 1 is 1.36 bits per heavy atom. The van der Waals surface area contributed by atoms with Gasteiger partial charge in [-0.15, -0.1) is 0 Å². The van der Waals surface area contributed by atoms with Crippen LogP contribution < -0.4 is 5.32 Å². The van der Waals surface area contributed by atoms with Crippen LogP contribution in [0.3, 0.4) is 0 Å². The van der Waals surface area contributed by atoms with Crippen LogP contribution in [0.4, 0.5) is 9.18 Å². The number of carbonyl (C=O) groups excluding carboxylic acids is 2. The highest BCUT2D eigenvalue weighted by atomic mass is 79.9. The van der Waals surface area contributed by atoms with Gasteiger partial charge in [0.25, 0.3) is 5.91 Å². The molecule has 1 aliphatic rings. The quantitative estimate of drug-likeness (QED) is 0.794. The van der Waals surface area contributed by atoms with Gasteiger partial charge >= 0.3 is 6.09 Å². The van der Waals surface area contributed by atoms with Crippen molar-refractivity contribution in [1.82, 2.24) is 10.2 Å². The fourth-order valence-corrected chi connectivity index (χ4v) is 3.36. The number of ether oxygens (including phenoxy) is 1. The lowest BCUT2D eigenvalue weighted by Crippen LogP contribution is -2.50. The van der Waals surface area contributed by atoms with Crippen molar-refractivity contribution in [3.8, 4) is 0 Å². The molecule has 1 aromatic rings. The van der Waals surface area contributed by atoms with Gasteiger partial charge in [-0.3, -0.25) is 4.79 Å². The van der Waals surface area contributed by atoms with E-state index in [0.717, 1.165) is 12.8 Å². The number of amides is 2. The number of rotatable bonds is 2. The molecule has 1 heterocycles. The van der Waals surface area contributed by atoms with Gasteiger partial charge in [0.1, 0.15) is 11.4 Å². The van der Waals surface area contributed by atoms with Crippen LogP contribution >= 0.6 is 15.9 Å². The van der Waals surface area contributed by atoms with Crippen molar-refractivity contribution in [3.63, 3.8) is 0 Å². The van der Waals surface area contributed by atoms with E-state index in [-0.39, 0.29) is 11.9 Å². The third-order valence-electron chi connectivity index (χ3n) is 3.91. The minimum atomic E-state index is -0.571. The molecule has 138 valence electrons. The normalized spacial score (nSPS) is 18.0. The average molecular weight is 415 g/mol. The standard InChI is InChI=1S/C18H24BrFN2O3/c1-11-8-14(19)13(9-15(11)20)16(23)22-7-5-6-12(10-22)21-17(24)25-18(2,3)4/h8-9,12H,5-7,10H2,1-4H3,(H,21,24). The molecule has 1 aliphatic heterocycles. The second-order valence-electron chi connectivity index (χ2n) is 7.32. The third-order valence-corrected chi connectivity index (χ3v) is 4.56. The van der Waals surface area contributed by atoms with Crippen LogP contribution in [0.25, 0.3) is 0 Å². The molecule has 25 heavy (non-hydrogen) atoms. The zero-order valence-corrected chi connectivity index (χ0v) is 16.6. The fraction of sp³-hybridized carbons (Fsp3) is 0.556. The molecule has 1 fully saturated rings. The molecule has 1 N–H and O–H groups in total. The number of aryl methyl sites for hydroxylation is 1. The molecule has 0 aliphatic carbocycles. The van der Waals surface area contributed by atoms with E-state index in [2.05, 4.69) is 21.2 Å². The molecular formula is C18H24BrFN2O3. The Kier molecular flexibility index (Phi) is 6.08. The van der Waals surface area contributed by atoms with Gasteiger partial charge in [0.05, 0.1) is 5.56 Å². The molecule has 5 nitrogen and oxygen atoms in total. The number of piperidine rings is 1. The highest BCUT2D eigenvalue weighted by molar-refractivity contribution is 9.10. The number of hydrogen-bond acceptors (Lipinski definition) is 3. The maximum Gasteiger partial charge on any atom is 0.407 e. The Labute approximate surface area is 156 Å². The minimum absolute atomic E-state index is 0.179. The van der Waals surface area contributed by atoms with Crippen LogP contribution in [-0.2, 0) is 4.74 Å². The monoisotopic (exact) mass is 414 g/mol. The molecule has 1 aromatic carbocycles. The highest BCUT2D eigenvalue weighted by Crippen LogP contribution is 2.24. The van der Waals surface area contributed by atoms with Crippen molar-refractivity contribution in [2.45, 2.75) is 52.2 Å². The van der Waals surface area contributed by atoms with E-state index in [0.29, 0.717) is 28.7 Å². The summed E-state index contributed by atoms with van der Waals surface area (Å²) in [6.45, 7) is 8.00. The summed E-state index contributed by atoms with van der Waals surface area (Å²) < 4.78 is 19.7. The molecule has 0 aromatic heterocycles. The number of carbonyl (C=O) groups is 2. The van der Waals surface area contributed by atoms with Crippen LogP contribution in [0, 0.1) is 12.7 Å².